The third-order valence-electron chi connectivity index (χ3n) is 5.46. The zero-order chi connectivity index (χ0) is 21.4. The first-order valence-corrected chi connectivity index (χ1v) is 10.8. The maximum atomic E-state index is 13.5. The van der Waals surface area contributed by atoms with E-state index in [1.807, 2.05) is 41.4 Å². The van der Waals surface area contributed by atoms with Gasteiger partial charge in [0.25, 0.3) is 0 Å². The van der Waals surface area contributed by atoms with Gasteiger partial charge in [0.05, 0.1) is 11.8 Å². The number of fused-ring (bicyclic) bond motifs is 3. The van der Waals surface area contributed by atoms with Crippen LogP contribution in [0.25, 0.3) is 0 Å². The second kappa shape index (κ2) is 8.19. The zero-order valence-electron chi connectivity index (χ0n) is 16.7. The maximum Gasteiger partial charge on any atom is 0.213 e. The summed E-state index contributed by atoms with van der Waals surface area (Å²) in [7, 11) is 0. The second-order valence-corrected chi connectivity index (χ2v) is 8.39. The highest BCUT2D eigenvalue weighted by atomic mass is 79.9. The molecule has 156 valence electrons. The molecule has 0 spiro atoms. The minimum atomic E-state index is -0.424. The normalized spacial score (nSPS) is 19.2. The summed E-state index contributed by atoms with van der Waals surface area (Å²) in [4.78, 5) is 0. The van der Waals surface area contributed by atoms with Crippen molar-refractivity contribution < 1.29 is 13.9 Å². The molecule has 0 saturated carbocycles. The molecule has 0 aliphatic carbocycles. The van der Waals surface area contributed by atoms with Gasteiger partial charge in [-0.25, -0.2) is 9.40 Å². The lowest BCUT2D eigenvalue weighted by Crippen LogP contribution is -2.33. The van der Waals surface area contributed by atoms with Gasteiger partial charge in [-0.3, -0.25) is 0 Å². The molecular formula is C25H20BrFN2O2. The van der Waals surface area contributed by atoms with Gasteiger partial charge in [0.15, 0.2) is 0 Å². The lowest BCUT2D eigenvalue weighted by atomic mass is 9.96. The molecule has 0 aromatic heterocycles. The van der Waals surface area contributed by atoms with E-state index >= 15 is 0 Å². The first kappa shape index (κ1) is 19.8. The quantitative estimate of drug-likeness (QED) is 0.398. The minimum absolute atomic E-state index is 0.0306. The summed E-state index contributed by atoms with van der Waals surface area (Å²) in [5.74, 6) is 1.34. The molecule has 3 aromatic carbocycles. The van der Waals surface area contributed by atoms with Crippen LogP contribution in [0.4, 0.5) is 4.39 Å². The molecule has 5 rings (SSSR count). The van der Waals surface area contributed by atoms with Crippen molar-refractivity contribution >= 4 is 21.6 Å². The highest BCUT2D eigenvalue weighted by Crippen LogP contribution is 2.48. The summed E-state index contributed by atoms with van der Waals surface area (Å²) in [6, 6.07) is 20.4. The Morgan fingerprint density at radius 3 is 2.65 bits per heavy atom. The molecule has 31 heavy (non-hydrogen) atoms. The predicted molar refractivity (Wildman–Crippen MR) is 122 cm³/mol. The van der Waals surface area contributed by atoms with E-state index in [1.54, 1.807) is 18.2 Å². The van der Waals surface area contributed by atoms with Gasteiger partial charge < -0.3 is 9.47 Å². The number of hydrogen-bond donors (Lipinski definition) is 0. The lowest BCUT2D eigenvalue weighted by Gasteiger charge is -2.38. The van der Waals surface area contributed by atoms with Gasteiger partial charge in [0.1, 0.15) is 23.9 Å². The van der Waals surface area contributed by atoms with Crippen molar-refractivity contribution in [3.63, 3.8) is 0 Å². The van der Waals surface area contributed by atoms with Crippen molar-refractivity contribution in [3.8, 4) is 11.5 Å². The minimum Gasteiger partial charge on any atom is -0.490 e. The van der Waals surface area contributed by atoms with E-state index in [0.29, 0.717) is 6.61 Å². The number of hydrogen-bond acceptors (Lipinski definition) is 4. The molecule has 0 bridgehead atoms. The highest BCUT2D eigenvalue weighted by Gasteiger charge is 2.41. The fourth-order valence-corrected chi connectivity index (χ4v) is 4.36. The Labute approximate surface area is 188 Å². The van der Waals surface area contributed by atoms with Crippen LogP contribution in [0.2, 0.25) is 0 Å². The molecular weight excluding hydrogens is 459 g/mol. The van der Waals surface area contributed by atoms with E-state index in [0.717, 1.165) is 44.8 Å². The smallest absolute Gasteiger partial charge is 0.213 e. The number of rotatable bonds is 5. The second-order valence-electron chi connectivity index (χ2n) is 7.47. The fourth-order valence-electron chi connectivity index (χ4n) is 3.98. The average molecular weight is 479 g/mol. The first-order valence-electron chi connectivity index (χ1n) is 10.0. The van der Waals surface area contributed by atoms with Crippen molar-refractivity contribution in [1.29, 1.82) is 0 Å². The largest absolute Gasteiger partial charge is 0.490 e. The van der Waals surface area contributed by atoms with Crippen molar-refractivity contribution in [2.24, 2.45) is 5.10 Å². The summed E-state index contributed by atoms with van der Waals surface area (Å²) in [5, 5.41) is 6.93. The van der Waals surface area contributed by atoms with Crippen LogP contribution in [0.1, 0.15) is 35.4 Å². The molecule has 4 nitrogen and oxygen atoms in total. The number of hydrazone groups is 1. The Bertz CT molecular complexity index is 1150. The van der Waals surface area contributed by atoms with Crippen LogP contribution in [0.3, 0.4) is 0 Å². The molecule has 0 radical (unpaired) electrons. The van der Waals surface area contributed by atoms with E-state index < -0.39 is 6.23 Å². The summed E-state index contributed by atoms with van der Waals surface area (Å²) >= 11 is 3.57. The molecule has 0 fully saturated rings. The first-order chi connectivity index (χ1) is 15.1. The fraction of sp³-hybridized carbons (Fsp3) is 0.160. The van der Waals surface area contributed by atoms with Gasteiger partial charge in [-0.05, 0) is 60.2 Å². The number of nitrogens with zero attached hydrogens (tertiary/aromatic N) is 2. The van der Waals surface area contributed by atoms with Crippen molar-refractivity contribution in [1.82, 2.24) is 5.01 Å². The van der Waals surface area contributed by atoms with Crippen molar-refractivity contribution in [2.45, 2.75) is 18.7 Å². The van der Waals surface area contributed by atoms with Gasteiger partial charge >= 0.3 is 0 Å². The van der Waals surface area contributed by atoms with Crippen LogP contribution in [0, 0.1) is 5.82 Å². The van der Waals surface area contributed by atoms with Crippen molar-refractivity contribution in [3.05, 3.63) is 106 Å². The molecule has 3 aromatic rings. The Kier molecular flexibility index (Phi) is 5.24. The molecule has 2 atom stereocenters. The Morgan fingerprint density at radius 1 is 1.13 bits per heavy atom. The molecule has 0 unspecified atom stereocenters. The van der Waals surface area contributed by atoms with Gasteiger partial charge in [-0.1, -0.05) is 40.7 Å². The van der Waals surface area contributed by atoms with E-state index in [4.69, 9.17) is 14.6 Å². The van der Waals surface area contributed by atoms with Gasteiger partial charge in [0, 0.05) is 22.0 Å². The monoisotopic (exact) mass is 478 g/mol. The third kappa shape index (κ3) is 3.83. The van der Waals surface area contributed by atoms with E-state index in [9.17, 15) is 4.39 Å². The molecule has 0 amide bonds. The SMILES string of the molecule is C=CCOc1ccc(C2=NN3[C@@H](C2)c2cc(Br)ccc2O[C@H]3c2ccc(F)cc2)cc1. The molecule has 2 aliphatic heterocycles. The van der Waals surface area contributed by atoms with Gasteiger partial charge in [0.2, 0.25) is 6.23 Å². The van der Waals surface area contributed by atoms with Crippen LogP contribution in [-0.4, -0.2) is 17.3 Å². The number of halogens is 2. The van der Waals surface area contributed by atoms with Gasteiger partial charge in [-0.2, -0.15) is 5.10 Å². The number of benzene rings is 3. The molecule has 0 N–H and O–H groups in total. The summed E-state index contributed by atoms with van der Waals surface area (Å²) in [6.45, 7) is 4.14. The van der Waals surface area contributed by atoms with E-state index in [-0.39, 0.29) is 11.9 Å². The Hall–Kier alpha value is -3.12. The summed E-state index contributed by atoms with van der Waals surface area (Å²) in [6.07, 6.45) is 2.04. The van der Waals surface area contributed by atoms with Crippen molar-refractivity contribution in [2.75, 3.05) is 6.61 Å². The molecule has 6 heteroatoms. The molecule has 0 saturated heterocycles. The van der Waals surface area contributed by atoms with Crippen LogP contribution in [0.5, 0.6) is 11.5 Å². The van der Waals surface area contributed by atoms with E-state index in [1.165, 1.54) is 12.1 Å². The number of ether oxygens (including phenoxy) is 2. The van der Waals surface area contributed by atoms with Gasteiger partial charge in [-0.15, -0.1) is 0 Å². The summed E-state index contributed by atoms with van der Waals surface area (Å²) < 4.78 is 26.4. The third-order valence-corrected chi connectivity index (χ3v) is 5.96. The molecule has 2 aliphatic rings. The highest BCUT2D eigenvalue weighted by molar-refractivity contribution is 9.10. The Morgan fingerprint density at radius 2 is 1.90 bits per heavy atom. The van der Waals surface area contributed by atoms with E-state index in [2.05, 4.69) is 28.6 Å². The lowest BCUT2D eigenvalue weighted by molar-refractivity contribution is -0.0191. The van der Waals surface area contributed by atoms with Crippen LogP contribution < -0.4 is 9.47 Å². The van der Waals surface area contributed by atoms with Crippen LogP contribution in [-0.2, 0) is 0 Å². The summed E-state index contributed by atoms with van der Waals surface area (Å²) in [5.41, 5.74) is 3.95. The average Bonchev–Trinajstić information content (AvgIpc) is 3.24. The molecule has 2 heterocycles. The predicted octanol–water partition coefficient (Wildman–Crippen LogP) is 6.40. The van der Waals surface area contributed by atoms with Crippen LogP contribution >= 0.6 is 15.9 Å². The van der Waals surface area contributed by atoms with Crippen LogP contribution in [0.15, 0.2) is 89.0 Å². The topological polar surface area (TPSA) is 34.1 Å². The Balaban J connectivity index is 1.51. The zero-order valence-corrected chi connectivity index (χ0v) is 18.3. The maximum absolute atomic E-state index is 13.5. The standard InChI is InChI=1S/C25H20BrFN2O2/c1-2-13-30-20-10-5-16(6-11-20)22-15-23-21-14-18(26)7-12-24(21)31-25(29(23)28-22)17-3-8-19(27)9-4-17/h2-12,14,23,25H,1,13,15H2/t23-,25-/m0/s1.